The van der Waals surface area contributed by atoms with Crippen molar-refractivity contribution in [3.05, 3.63) is 0 Å². The number of cyclic esters (lactones) is 1. The van der Waals surface area contributed by atoms with E-state index in [1.165, 1.54) is 0 Å². The van der Waals surface area contributed by atoms with Crippen LogP contribution in [0.25, 0.3) is 0 Å². The maximum atomic E-state index is 11.5. The summed E-state index contributed by atoms with van der Waals surface area (Å²) < 4.78 is 4.98. The summed E-state index contributed by atoms with van der Waals surface area (Å²) in [5.41, 5.74) is -0.419. The van der Waals surface area contributed by atoms with E-state index < -0.39 is 5.54 Å². The topological polar surface area (TPSA) is 49.8 Å². The second kappa shape index (κ2) is 4.64. The molecule has 0 aliphatic carbocycles. The predicted molar refractivity (Wildman–Crippen MR) is 53.1 cm³/mol. The summed E-state index contributed by atoms with van der Waals surface area (Å²) in [4.78, 5) is 13.2. The molecule has 0 atom stereocenters. The van der Waals surface area contributed by atoms with Gasteiger partial charge in [0.2, 0.25) is 0 Å². The molecule has 82 valence electrons. The molecule has 1 amide bonds. The zero-order valence-corrected chi connectivity index (χ0v) is 8.95. The second-order valence-corrected chi connectivity index (χ2v) is 3.71. The van der Waals surface area contributed by atoms with Crippen molar-refractivity contribution in [1.82, 2.24) is 4.90 Å². The van der Waals surface area contributed by atoms with Crippen molar-refractivity contribution in [1.29, 1.82) is 0 Å². The smallest absolute Gasteiger partial charge is 0.410 e. The van der Waals surface area contributed by atoms with Crippen LogP contribution in [0.15, 0.2) is 0 Å². The van der Waals surface area contributed by atoms with Crippen LogP contribution in [-0.2, 0) is 4.74 Å². The van der Waals surface area contributed by atoms with E-state index >= 15 is 0 Å². The number of hydrogen-bond acceptors (Lipinski definition) is 3. The van der Waals surface area contributed by atoms with Gasteiger partial charge in [0, 0.05) is 6.54 Å². The fourth-order valence-electron chi connectivity index (χ4n) is 1.92. The predicted octanol–water partition coefficient (Wildman–Crippen LogP) is 1.38. The van der Waals surface area contributed by atoms with Crippen LogP contribution in [0.2, 0.25) is 0 Å². The molecule has 4 nitrogen and oxygen atoms in total. The first kappa shape index (κ1) is 11.3. The minimum atomic E-state index is -0.419. The molecule has 1 heterocycles. The second-order valence-electron chi connectivity index (χ2n) is 3.71. The van der Waals surface area contributed by atoms with Gasteiger partial charge in [0.15, 0.2) is 0 Å². The first-order chi connectivity index (χ1) is 6.70. The number of aliphatic hydroxyl groups excluding tert-OH is 1. The standard InChI is InChI=1S/C10H19NO3/c1-3-10(4-2,8-12)11-6-5-7-14-9(11)13/h12H,3-8H2,1-2H3. The molecular weight excluding hydrogens is 182 g/mol. The maximum absolute atomic E-state index is 11.5. The Labute approximate surface area is 84.8 Å². The van der Waals surface area contributed by atoms with Gasteiger partial charge < -0.3 is 14.7 Å². The van der Waals surface area contributed by atoms with Crippen LogP contribution in [0, 0.1) is 0 Å². The highest BCUT2D eigenvalue weighted by molar-refractivity contribution is 5.69. The summed E-state index contributed by atoms with van der Waals surface area (Å²) in [6, 6.07) is 0. The molecule has 0 bridgehead atoms. The molecule has 0 unspecified atom stereocenters. The highest BCUT2D eigenvalue weighted by Crippen LogP contribution is 2.26. The van der Waals surface area contributed by atoms with Gasteiger partial charge in [0.05, 0.1) is 18.8 Å². The van der Waals surface area contributed by atoms with E-state index in [0.717, 1.165) is 19.3 Å². The van der Waals surface area contributed by atoms with Crippen LogP contribution < -0.4 is 0 Å². The number of carbonyl (C=O) groups is 1. The molecular formula is C10H19NO3. The fourth-order valence-corrected chi connectivity index (χ4v) is 1.92. The van der Waals surface area contributed by atoms with E-state index in [4.69, 9.17) is 4.74 Å². The molecule has 1 rings (SSSR count). The zero-order valence-electron chi connectivity index (χ0n) is 8.95. The number of rotatable bonds is 4. The highest BCUT2D eigenvalue weighted by Gasteiger charge is 2.38. The number of hydrogen-bond donors (Lipinski definition) is 1. The lowest BCUT2D eigenvalue weighted by Crippen LogP contribution is -2.56. The molecule has 1 aliphatic rings. The van der Waals surface area contributed by atoms with Crippen LogP contribution >= 0.6 is 0 Å². The SMILES string of the molecule is CCC(CC)(CO)N1CCCOC1=O. The van der Waals surface area contributed by atoms with Gasteiger partial charge in [-0.3, -0.25) is 0 Å². The largest absolute Gasteiger partial charge is 0.449 e. The normalized spacial score (nSPS) is 18.2. The van der Waals surface area contributed by atoms with Gasteiger partial charge in [0.1, 0.15) is 0 Å². The quantitative estimate of drug-likeness (QED) is 0.747. The summed E-state index contributed by atoms with van der Waals surface area (Å²) in [6.07, 6.45) is 2.09. The summed E-state index contributed by atoms with van der Waals surface area (Å²) >= 11 is 0. The molecule has 0 spiro atoms. The van der Waals surface area contributed by atoms with Crippen molar-refractivity contribution in [3.8, 4) is 0 Å². The van der Waals surface area contributed by atoms with E-state index in [0.29, 0.717) is 13.2 Å². The van der Waals surface area contributed by atoms with Gasteiger partial charge in [0.25, 0.3) is 0 Å². The molecule has 4 heteroatoms. The third kappa shape index (κ3) is 1.85. The molecule has 0 saturated carbocycles. The molecule has 1 aliphatic heterocycles. The first-order valence-electron chi connectivity index (χ1n) is 5.25. The lowest BCUT2D eigenvalue weighted by molar-refractivity contribution is -0.0104. The van der Waals surface area contributed by atoms with E-state index in [1.54, 1.807) is 4.90 Å². The fraction of sp³-hybridized carbons (Fsp3) is 0.900. The van der Waals surface area contributed by atoms with Crippen molar-refractivity contribution >= 4 is 6.09 Å². The Hall–Kier alpha value is -0.770. The maximum Gasteiger partial charge on any atom is 0.410 e. The average molecular weight is 201 g/mol. The average Bonchev–Trinajstić information content (AvgIpc) is 2.24. The molecule has 1 fully saturated rings. The van der Waals surface area contributed by atoms with E-state index in [1.807, 2.05) is 13.8 Å². The number of carbonyl (C=O) groups excluding carboxylic acids is 1. The number of nitrogens with zero attached hydrogens (tertiary/aromatic N) is 1. The van der Waals surface area contributed by atoms with Gasteiger partial charge in [-0.15, -0.1) is 0 Å². The lowest BCUT2D eigenvalue weighted by atomic mass is 9.91. The van der Waals surface area contributed by atoms with E-state index in [2.05, 4.69) is 0 Å². The van der Waals surface area contributed by atoms with Crippen LogP contribution in [0.5, 0.6) is 0 Å². The van der Waals surface area contributed by atoms with E-state index in [9.17, 15) is 9.90 Å². The molecule has 14 heavy (non-hydrogen) atoms. The van der Waals surface area contributed by atoms with Crippen LogP contribution in [-0.4, -0.2) is 41.4 Å². The van der Waals surface area contributed by atoms with E-state index in [-0.39, 0.29) is 12.7 Å². The summed E-state index contributed by atoms with van der Waals surface area (Å²) in [5, 5.41) is 9.40. The third-order valence-corrected chi connectivity index (χ3v) is 3.16. The molecule has 1 saturated heterocycles. The Morgan fingerprint density at radius 2 is 2.14 bits per heavy atom. The number of ether oxygens (including phenoxy) is 1. The van der Waals surface area contributed by atoms with Crippen LogP contribution in [0.3, 0.4) is 0 Å². The van der Waals surface area contributed by atoms with Crippen LogP contribution in [0.4, 0.5) is 4.79 Å². The first-order valence-corrected chi connectivity index (χ1v) is 5.25. The van der Waals surface area contributed by atoms with Crippen molar-refractivity contribution in [2.45, 2.75) is 38.6 Å². The van der Waals surface area contributed by atoms with Gasteiger partial charge in [-0.25, -0.2) is 4.79 Å². The number of aliphatic hydroxyl groups is 1. The minimum Gasteiger partial charge on any atom is -0.449 e. The van der Waals surface area contributed by atoms with Crippen molar-refractivity contribution in [3.63, 3.8) is 0 Å². The molecule has 0 radical (unpaired) electrons. The van der Waals surface area contributed by atoms with Crippen LogP contribution in [0.1, 0.15) is 33.1 Å². The highest BCUT2D eigenvalue weighted by atomic mass is 16.6. The summed E-state index contributed by atoms with van der Waals surface area (Å²) in [7, 11) is 0. The summed E-state index contributed by atoms with van der Waals surface area (Å²) in [5.74, 6) is 0. The molecule has 1 N–H and O–H groups in total. The monoisotopic (exact) mass is 201 g/mol. The molecule has 0 aromatic carbocycles. The third-order valence-electron chi connectivity index (χ3n) is 3.16. The van der Waals surface area contributed by atoms with Crippen molar-refractivity contribution in [2.75, 3.05) is 19.8 Å². The van der Waals surface area contributed by atoms with Gasteiger partial charge in [-0.1, -0.05) is 13.8 Å². The summed E-state index contributed by atoms with van der Waals surface area (Å²) in [6.45, 7) is 5.18. The van der Waals surface area contributed by atoms with Gasteiger partial charge >= 0.3 is 6.09 Å². The zero-order chi connectivity index (χ0) is 10.6. The lowest BCUT2D eigenvalue weighted by Gasteiger charge is -2.42. The number of amides is 1. The minimum absolute atomic E-state index is 0.00903. The Balaban J connectivity index is 2.79. The Bertz CT molecular complexity index is 193. The van der Waals surface area contributed by atoms with Crippen molar-refractivity contribution < 1.29 is 14.6 Å². The van der Waals surface area contributed by atoms with Crippen molar-refractivity contribution in [2.24, 2.45) is 0 Å². The Morgan fingerprint density at radius 1 is 1.50 bits per heavy atom. The van der Waals surface area contributed by atoms with Gasteiger partial charge in [-0.05, 0) is 19.3 Å². The molecule has 0 aromatic rings. The Morgan fingerprint density at radius 3 is 2.57 bits per heavy atom. The van der Waals surface area contributed by atoms with Gasteiger partial charge in [-0.2, -0.15) is 0 Å². The Kier molecular flexibility index (Phi) is 3.75. The molecule has 0 aromatic heterocycles.